The number of fused-ring (bicyclic) bond motifs is 1. The zero-order chi connectivity index (χ0) is 16.6. The molecule has 0 bridgehead atoms. The van der Waals surface area contributed by atoms with Gasteiger partial charge in [0.15, 0.2) is 0 Å². The van der Waals surface area contributed by atoms with Crippen molar-refractivity contribution in [1.29, 1.82) is 0 Å². The summed E-state index contributed by atoms with van der Waals surface area (Å²) < 4.78 is 20.1. The Morgan fingerprint density at radius 3 is 2.70 bits per heavy atom. The molecule has 2 heterocycles. The zero-order valence-electron chi connectivity index (χ0n) is 12.5. The van der Waals surface area contributed by atoms with Crippen molar-refractivity contribution >= 4 is 27.5 Å². The number of hydrogen-bond donors (Lipinski definition) is 0. The average Bonchev–Trinajstić information content (AvgIpc) is 3.01. The molecule has 3 aromatic rings. The monoisotopic (exact) mass is 332 g/mol. The van der Waals surface area contributed by atoms with Gasteiger partial charge in [0.2, 0.25) is 0 Å². The fourth-order valence-corrected chi connectivity index (χ4v) is 3.28. The minimum Gasteiger partial charge on any atom is -0.461 e. The van der Waals surface area contributed by atoms with Crippen molar-refractivity contribution in [2.45, 2.75) is 6.92 Å². The summed E-state index contributed by atoms with van der Waals surface area (Å²) in [5.41, 5.74) is 2.76. The summed E-state index contributed by atoms with van der Waals surface area (Å²) in [6.45, 7) is 1.88. The molecule has 0 spiro atoms. The maximum absolute atomic E-state index is 13.2. The molecule has 0 unspecified atom stereocenters. The van der Waals surface area contributed by atoms with Crippen LogP contribution in [-0.2, 0) is 11.8 Å². The van der Waals surface area contributed by atoms with E-state index in [0.29, 0.717) is 15.8 Å². The van der Waals surface area contributed by atoms with Crippen LogP contribution in [0.3, 0.4) is 0 Å². The van der Waals surface area contributed by atoms with Crippen LogP contribution >= 0.6 is 11.3 Å². The largest absolute Gasteiger partial charge is 0.461 e. The number of ether oxygens (including phenoxy) is 1. The number of rotatable bonds is 3. The summed E-state index contributed by atoms with van der Waals surface area (Å²) in [6, 6.07) is 5.75. The molecule has 23 heavy (non-hydrogen) atoms. The summed E-state index contributed by atoms with van der Waals surface area (Å²) in [6.07, 6.45) is 0. The third-order valence-electron chi connectivity index (χ3n) is 3.48. The molecule has 0 radical (unpaired) electrons. The molecule has 7 heteroatoms. The van der Waals surface area contributed by atoms with Crippen molar-refractivity contribution in [3.63, 3.8) is 0 Å². The van der Waals surface area contributed by atoms with Crippen molar-refractivity contribution in [2.24, 2.45) is 7.05 Å². The molecule has 0 N–H and O–H groups in total. The molecule has 5 nitrogen and oxygen atoms in total. The Morgan fingerprint density at radius 1 is 1.35 bits per heavy atom. The number of benzene rings is 1. The molecular formula is C16H13FN2O3S. The van der Waals surface area contributed by atoms with Crippen LogP contribution in [0.25, 0.3) is 21.3 Å². The van der Waals surface area contributed by atoms with Crippen molar-refractivity contribution < 1.29 is 13.9 Å². The molecule has 0 saturated carbocycles. The van der Waals surface area contributed by atoms with Crippen LogP contribution in [0.1, 0.15) is 17.4 Å². The van der Waals surface area contributed by atoms with E-state index < -0.39 is 5.97 Å². The van der Waals surface area contributed by atoms with Gasteiger partial charge in [-0.1, -0.05) is 12.1 Å². The van der Waals surface area contributed by atoms with Crippen LogP contribution in [-0.4, -0.2) is 22.1 Å². The second-order valence-electron chi connectivity index (χ2n) is 4.85. The van der Waals surface area contributed by atoms with Gasteiger partial charge in [0.25, 0.3) is 5.56 Å². The lowest BCUT2D eigenvalue weighted by Gasteiger charge is -2.14. The molecule has 0 amide bonds. The van der Waals surface area contributed by atoms with E-state index in [2.05, 4.69) is 4.98 Å². The van der Waals surface area contributed by atoms with Crippen molar-refractivity contribution in [3.8, 4) is 11.1 Å². The molecule has 0 aliphatic heterocycles. The number of thiazole rings is 1. The van der Waals surface area contributed by atoms with E-state index in [9.17, 15) is 14.0 Å². The van der Waals surface area contributed by atoms with Gasteiger partial charge in [-0.3, -0.25) is 4.79 Å². The van der Waals surface area contributed by atoms with Gasteiger partial charge in [-0.2, -0.15) is 0 Å². The highest BCUT2D eigenvalue weighted by Crippen LogP contribution is 2.33. The number of esters is 1. The number of pyridine rings is 1. The van der Waals surface area contributed by atoms with Crippen LogP contribution in [0.2, 0.25) is 0 Å². The Hall–Kier alpha value is -2.54. The molecule has 1 aromatic carbocycles. The molecule has 0 saturated heterocycles. The van der Waals surface area contributed by atoms with Gasteiger partial charge in [-0.05, 0) is 24.6 Å². The van der Waals surface area contributed by atoms with Crippen LogP contribution < -0.4 is 5.56 Å². The summed E-state index contributed by atoms with van der Waals surface area (Å²) in [4.78, 5) is 28.9. The summed E-state index contributed by atoms with van der Waals surface area (Å²) in [5.74, 6) is -0.974. The summed E-state index contributed by atoms with van der Waals surface area (Å²) in [5, 5.41) is 0. The van der Waals surface area contributed by atoms with Gasteiger partial charge < -0.3 is 9.30 Å². The third kappa shape index (κ3) is 2.53. The number of halogens is 1. The minimum atomic E-state index is -0.596. The Labute approximate surface area is 135 Å². The van der Waals surface area contributed by atoms with Crippen molar-refractivity contribution in [1.82, 2.24) is 9.55 Å². The fraction of sp³-hybridized carbons (Fsp3) is 0.188. The van der Waals surface area contributed by atoms with Gasteiger partial charge >= 0.3 is 5.97 Å². The van der Waals surface area contributed by atoms with E-state index in [1.807, 2.05) is 0 Å². The SMILES string of the molecule is CCOC(=O)c1c(-c2ccc(F)cc2)c2scnc2c(=O)n1C. The quantitative estimate of drug-likeness (QED) is 0.692. The van der Waals surface area contributed by atoms with E-state index in [4.69, 9.17) is 4.74 Å². The van der Waals surface area contributed by atoms with E-state index in [1.165, 1.54) is 35.1 Å². The van der Waals surface area contributed by atoms with Crippen LogP contribution in [0, 0.1) is 5.82 Å². The van der Waals surface area contributed by atoms with Crippen molar-refractivity contribution in [3.05, 3.63) is 51.6 Å². The fourth-order valence-electron chi connectivity index (χ4n) is 2.43. The molecule has 2 aromatic heterocycles. The maximum Gasteiger partial charge on any atom is 0.355 e. The second-order valence-corrected chi connectivity index (χ2v) is 5.70. The van der Waals surface area contributed by atoms with Crippen LogP contribution in [0.4, 0.5) is 4.39 Å². The highest BCUT2D eigenvalue weighted by molar-refractivity contribution is 7.17. The van der Waals surface area contributed by atoms with E-state index >= 15 is 0 Å². The standard InChI is InChI=1S/C16H13FN2O3S/c1-3-22-16(21)13-11(9-4-6-10(17)7-5-9)14-12(18-8-23-14)15(20)19(13)2/h4-8H,3H2,1-2H3. The lowest BCUT2D eigenvalue weighted by atomic mass is 10.0. The van der Waals surface area contributed by atoms with Gasteiger partial charge in [-0.25, -0.2) is 14.2 Å². The molecule has 0 aliphatic carbocycles. The highest BCUT2D eigenvalue weighted by Gasteiger charge is 2.24. The van der Waals surface area contributed by atoms with E-state index in [1.54, 1.807) is 24.6 Å². The number of aromatic nitrogens is 2. The van der Waals surface area contributed by atoms with E-state index in [0.717, 1.165) is 0 Å². The van der Waals surface area contributed by atoms with Crippen LogP contribution in [0.5, 0.6) is 0 Å². The first kappa shape index (κ1) is 15.4. The Morgan fingerprint density at radius 2 is 2.04 bits per heavy atom. The lowest BCUT2D eigenvalue weighted by molar-refractivity contribution is 0.0515. The van der Waals surface area contributed by atoms with Gasteiger partial charge in [0.1, 0.15) is 17.0 Å². The molecule has 0 aliphatic rings. The molecule has 118 valence electrons. The van der Waals surface area contributed by atoms with Gasteiger partial charge in [0.05, 0.1) is 16.8 Å². The first-order valence-electron chi connectivity index (χ1n) is 6.93. The molecule has 0 atom stereocenters. The smallest absolute Gasteiger partial charge is 0.355 e. The third-order valence-corrected chi connectivity index (χ3v) is 4.32. The van der Waals surface area contributed by atoms with Crippen LogP contribution in [0.15, 0.2) is 34.6 Å². The number of nitrogens with zero attached hydrogens (tertiary/aromatic N) is 2. The number of carbonyl (C=O) groups excluding carboxylic acids is 1. The molecular weight excluding hydrogens is 319 g/mol. The maximum atomic E-state index is 13.2. The molecule has 3 rings (SSSR count). The Balaban J connectivity index is 2.41. The highest BCUT2D eigenvalue weighted by atomic mass is 32.1. The Bertz CT molecular complexity index is 944. The summed E-state index contributed by atoms with van der Waals surface area (Å²) >= 11 is 1.26. The normalized spacial score (nSPS) is 10.9. The topological polar surface area (TPSA) is 61.2 Å². The second kappa shape index (κ2) is 5.92. The first-order valence-corrected chi connectivity index (χ1v) is 7.81. The van der Waals surface area contributed by atoms with Gasteiger partial charge in [0, 0.05) is 12.6 Å². The number of carbonyl (C=O) groups is 1. The summed E-state index contributed by atoms with van der Waals surface area (Å²) in [7, 11) is 1.50. The van der Waals surface area contributed by atoms with E-state index in [-0.39, 0.29) is 29.2 Å². The van der Waals surface area contributed by atoms with Gasteiger partial charge in [-0.15, -0.1) is 11.3 Å². The average molecular weight is 332 g/mol. The lowest BCUT2D eigenvalue weighted by Crippen LogP contribution is -2.25. The predicted octanol–water partition coefficient (Wildman–Crippen LogP) is 2.98. The molecule has 0 fully saturated rings. The van der Waals surface area contributed by atoms with Crippen molar-refractivity contribution in [2.75, 3.05) is 6.61 Å². The number of hydrogen-bond acceptors (Lipinski definition) is 5. The predicted molar refractivity (Wildman–Crippen MR) is 86.2 cm³/mol. The Kier molecular flexibility index (Phi) is 3.96. The zero-order valence-corrected chi connectivity index (χ0v) is 13.3. The minimum absolute atomic E-state index is 0.139. The first-order chi connectivity index (χ1) is 11.0.